The maximum absolute atomic E-state index is 13.8. The molecule has 0 bridgehead atoms. The van der Waals surface area contributed by atoms with Gasteiger partial charge in [0.25, 0.3) is 20.1 Å². The SMILES string of the molecule is C[N+](CCO)(CCCNS(=O)(=O)C(F)(F)C(F)(F)C(F)(F)C(F)(F)C(F)(F)F)CCCS(=O)(=O)O. The highest BCUT2D eigenvalue weighted by atomic mass is 32.2. The van der Waals surface area contributed by atoms with Crippen LogP contribution in [0.15, 0.2) is 0 Å². The average Bonchev–Trinajstić information content (AvgIpc) is 2.63. The standard InChI is InChI=1S/C14H21F11N2O6S2/c1-27(7-8-28,6-3-9-34(29,30)31)5-2-4-26-35(32,33)14(24,25)12(19,20)10(15,16)11(17,18)13(21,22)23/h26,28H,2-9H2,1H3/p+1. The van der Waals surface area contributed by atoms with Crippen LogP contribution in [0.1, 0.15) is 12.8 Å². The van der Waals surface area contributed by atoms with E-state index in [4.69, 9.17) is 9.66 Å². The van der Waals surface area contributed by atoms with E-state index in [-0.39, 0.29) is 30.5 Å². The maximum Gasteiger partial charge on any atom is 0.460 e. The summed E-state index contributed by atoms with van der Waals surface area (Å²) >= 11 is 0. The molecule has 212 valence electrons. The number of aliphatic hydroxyl groups excluding tert-OH is 1. The quantitative estimate of drug-likeness (QED) is 0.117. The van der Waals surface area contributed by atoms with Gasteiger partial charge in [-0.25, -0.2) is 13.1 Å². The minimum Gasteiger partial charge on any atom is -0.391 e. The number of hydrogen-bond acceptors (Lipinski definition) is 5. The highest BCUT2D eigenvalue weighted by Gasteiger charge is 2.89. The van der Waals surface area contributed by atoms with E-state index < -0.39 is 74.7 Å². The molecule has 0 saturated heterocycles. The third-order valence-electron chi connectivity index (χ3n) is 4.75. The van der Waals surface area contributed by atoms with Gasteiger partial charge >= 0.3 is 29.2 Å². The number of sulfonamides is 1. The minimum atomic E-state index is -7.87. The van der Waals surface area contributed by atoms with Crippen molar-refractivity contribution in [3.63, 3.8) is 0 Å². The maximum atomic E-state index is 13.8. The second kappa shape index (κ2) is 10.8. The monoisotopic (exact) mass is 587 g/mol. The molecule has 0 aromatic carbocycles. The van der Waals surface area contributed by atoms with Gasteiger partial charge in [0.15, 0.2) is 0 Å². The van der Waals surface area contributed by atoms with Gasteiger partial charge in [0, 0.05) is 19.4 Å². The van der Waals surface area contributed by atoms with Crippen molar-refractivity contribution in [1.82, 2.24) is 4.72 Å². The summed E-state index contributed by atoms with van der Waals surface area (Å²) in [5.41, 5.74) is 0. The summed E-state index contributed by atoms with van der Waals surface area (Å²) in [4.78, 5) is 0. The zero-order valence-electron chi connectivity index (χ0n) is 17.6. The lowest BCUT2D eigenvalue weighted by Crippen LogP contribution is -2.69. The number of alkyl halides is 11. The van der Waals surface area contributed by atoms with Crippen molar-refractivity contribution in [2.75, 3.05) is 45.6 Å². The molecule has 0 aliphatic carbocycles. The van der Waals surface area contributed by atoms with E-state index in [0.717, 1.165) is 4.72 Å². The Morgan fingerprint density at radius 2 is 1.20 bits per heavy atom. The zero-order chi connectivity index (χ0) is 28.4. The van der Waals surface area contributed by atoms with Crippen LogP contribution in [-0.4, -0.2) is 106 Å². The van der Waals surface area contributed by atoms with Crippen LogP contribution in [0.3, 0.4) is 0 Å². The Morgan fingerprint density at radius 1 is 0.743 bits per heavy atom. The van der Waals surface area contributed by atoms with Crippen molar-refractivity contribution in [2.24, 2.45) is 0 Å². The van der Waals surface area contributed by atoms with Gasteiger partial charge in [-0.2, -0.15) is 56.7 Å². The first kappa shape index (κ1) is 34.0. The lowest BCUT2D eigenvalue weighted by atomic mass is 10.0. The fraction of sp³-hybridized carbons (Fsp3) is 1.00. The first-order valence-electron chi connectivity index (χ1n) is 9.19. The van der Waals surface area contributed by atoms with Crippen LogP contribution in [0.4, 0.5) is 48.3 Å². The molecule has 0 fully saturated rings. The van der Waals surface area contributed by atoms with Gasteiger partial charge in [0.2, 0.25) is 0 Å². The number of aliphatic hydroxyl groups is 1. The summed E-state index contributed by atoms with van der Waals surface area (Å²) in [6, 6.07) is 0. The molecule has 1 unspecified atom stereocenters. The largest absolute Gasteiger partial charge is 0.460 e. The van der Waals surface area contributed by atoms with E-state index in [0.29, 0.717) is 0 Å². The van der Waals surface area contributed by atoms with Crippen molar-refractivity contribution >= 4 is 20.1 Å². The van der Waals surface area contributed by atoms with E-state index in [2.05, 4.69) is 0 Å². The first-order valence-corrected chi connectivity index (χ1v) is 12.3. The van der Waals surface area contributed by atoms with Crippen molar-refractivity contribution in [3.8, 4) is 0 Å². The van der Waals surface area contributed by atoms with E-state index in [1.165, 1.54) is 7.05 Å². The lowest BCUT2D eigenvalue weighted by Gasteiger charge is -2.36. The molecule has 0 aliphatic rings. The van der Waals surface area contributed by atoms with E-state index >= 15 is 0 Å². The normalized spacial score (nSPS) is 16.9. The van der Waals surface area contributed by atoms with Crippen LogP contribution in [0.25, 0.3) is 0 Å². The Balaban J connectivity index is 5.53. The molecule has 0 saturated carbocycles. The molecule has 0 amide bonds. The molecule has 0 heterocycles. The van der Waals surface area contributed by atoms with Gasteiger partial charge in [0.1, 0.15) is 6.54 Å². The molecule has 0 radical (unpaired) electrons. The summed E-state index contributed by atoms with van der Waals surface area (Å²) in [6.07, 6.45) is -8.19. The van der Waals surface area contributed by atoms with Crippen LogP contribution in [0, 0.1) is 0 Å². The summed E-state index contributed by atoms with van der Waals surface area (Å²) in [5.74, 6) is -24.0. The third kappa shape index (κ3) is 7.49. The number of nitrogens with one attached hydrogen (secondary N) is 1. The number of quaternary nitrogens is 1. The van der Waals surface area contributed by atoms with Gasteiger partial charge in [-0.15, -0.1) is 0 Å². The summed E-state index contributed by atoms with van der Waals surface area (Å²) in [7, 11) is -9.98. The van der Waals surface area contributed by atoms with E-state index in [1.807, 2.05) is 0 Å². The first-order chi connectivity index (χ1) is 15.2. The van der Waals surface area contributed by atoms with Gasteiger partial charge in [-0.05, 0) is 0 Å². The summed E-state index contributed by atoms with van der Waals surface area (Å²) < 4.78 is 197. The van der Waals surface area contributed by atoms with E-state index in [1.54, 1.807) is 0 Å². The van der Waals surface area contributed by atoms with Crippen LogP contribution >= 0.6 is 0 Å². The van der Waals surface area contributed by atoms with Gasteiger partial charge in [0.05, 0.1) is 32.5 Å². The number of hydrogen-bond donors (Lipinski definition) is 3. The predicted octanol–water partition coefficient (Wildman–Crippen LogP) is 2.07. The average molecular weight is 587 g/mol. The molecule has 1 atom stereocenters. The number of rotatable bonds is 15. The number of halogens is 11. The molecule has 0 aromatic rings. The highest BCUT2D eigenvalue weighted by molar-refractivity contribution is 7.90. The Kier molecular flexibility index (Phi) is 10.4. The van der Waals surface area contributed by atoms with Crippen molar-refractivity contribution < 1.29 is 79.3 Å². The van der Waals surface area contributed by atoms with Crippen molar-refractivity contribution in [2.45, 2.75) is 42.0 Å². The van der Waals surface area contributed by atoms with E-state index in [9.17, 15) is 65.1 Å². The second-order valence-electron chi connectivity index (χ2n) is 7.64. The lowest BCUT2D eigenvalue weighted by molar-refractivity contribution is -0.909. The molecule has 3 N–H and O–H groups in total. The Labute approximate surface area is 192 Å². The zero-order valence-corrected chi connectivity index (χ0v) is 19.2. The summed E-state index contributed by atoms with van der Waals surface area (Å²) in [6.45, 7) is -2.25. The fourth-order valence-electron chi connectivity index (χ4n) is 2.69. The molecule has 35 heavy (non-hydrogen) atoms. The molecule has 8 nitrogen and oxygen atoms in total. The molecule has 0 aliphatic heterocycles. The smallest absolute Gasteiger partial charge is 0.391 e. The Hall–Kier alpha value is -1.03. The Bertz CT molecular complexity index is 925. The summed E-state index contributed by atoms with van der Waals surface area (Å²) in [5, 5.41) is 1.92. The predicted molar refractivity (Wildman–Crippen MR) is 96.3 cm³/mol. The molecule has 0 rings (SSSR count). The van der Waals surface area contributed by atoms with Gasteiger partial charge in [-0.1, -0.05) is 0 Å². The van der Waals surface area contributed by atoms with Crippen LogP contribution in [-0.2, 0) is 20.1 Å². The second-order valence-corrected chi connectivity index (χ2v) is 11.0. The van der Waals surface area contributed by atoms with Gasteiger partial charge in [-0.3, -0.25) is 4.55 Å². The van der Waals surface area contributed by atoms with Crippen molar-refractivity contribution in [1.29, 1.82) is 0 Å². The van der Waals surface area contributed by atoms with Crippen molar-refractivity contribution in [3.05, 3.63) is 0 Å². The number of nitrogens with zero attached hydrogens (tertiary/aromatic N) is 1. The minimum absolute atomic E-state index is 0.0971. The van der Waals surface area contributed by atoms with Crippen LogP contribution in [0.2, 0.25) is 0 Å². The molecular formula is C14H22F11N2O6S2+. The molecular weight excluding hydrogens is 565 g/mol. The third-order valence-corrected chi connectivity index (χ3v) is 7.07. The van der Waals surface area contributed by atoms with Crippen LogP contribution in [0.5, 0.6) is 0 Å². The topological polar surface area (TPSA) is 121 Å². The molecule has 0 spiro atoms. The van der Waals surface area contributed by atoms with Crippen LogP contribution < -0.4 is 4.72 Å². The molecule has 21 heteroatoms. The Morgan fingerprint density at radius 3 is 1.60 bits per heavy atom. The molecule has 0 aromatic heterocycles. The highest BCUT2D eigenvalue weighted by Crippen LogP contribution is 2.58. The van der Waals surface area contributed by atoms with Gasteiger partial charge < -0.3 is 9.59 Å². The number of likely N-dealkylation sites (N-methyl/N-ethyl adjacent to an activating group) is 1. The fourth-order valence-corrected chi connectivity index (χ4v) is 4.24.